The van der Waals surface area contributed by atoms with E-state index in [2.05, 4.69) is 15.9 Å². The third-order valence-corrected chi connectivity index (χ3v) is 3.81. The van der Waals surface area contributed by atoms with Gasteiger partial charge in [0.05, 0.1) is 3.79 Å². The fourth-order valence-electron chi connectivity index (χ4n) is 1.16. The fourth-order valence-corrected chi connectivity index (χ4v) is 2.93. The summed E-state index contributed by atoms with van der Waals surface area (Å²) in [5, 5.41) is 8.71. The average Bonchev–Trinajstić information content (AvgIpc) is 2.75. The van der Waals surface area contributed by atoms with Crippen molar-refractivity contribution in [2.45, 2.75) is 18.8 Å². The number of halogens is 1. The van der Waals surface area contributed by atoms with E-state index >= 15 is 0 Å². The molecule has 0 bridgehead atoms. The van der Waals surface area contributed by atoms with E-state index in [1.807, 2.05) is 0 Å². The standard InChI is InChI=1S/C8H7BrO2S/c9-7-5(4-1-2-4)3-6(12-7)8(10)11/h3-4H,1-2H2,(H,10,11). The predicted octanol–water partition coefficient (Wildman–Crippen LogP) is 3.09. The summed E-state index contributed by atoms with van der Waals surface area (Å²) in [5.41, 5.74) is 1.18. The van der Waals surface area contributed by atoms with Crippen LogP contribution in [0.15, 0.2) is 9.85 Å². The number of carbonyl (C=O) groups is 1. The molecule has 4 heteroatoms. The van der Waals surface area contributed by atoms with Crippen LogP contribution >= 0.6 is 27.3 Å². The van der Waals surface area contributed by atoms with Gasteiger partial charge in [0.25, 0.3) is 0 Å². The van der Waals surface area contributed by atoms with Gasteiger partial charge < -0.3 is 5.11 Å². The number of rotatable bonds is 2. The first kappa shape index (κ1) is 8.26. The third kappa shape index (κ3) is 1.41. The van der Waals surface area contributed by atoms with E-state index in [4.69, 9.17) is 5.11 Å². The van der Waals surface area contributed by atoms with Gasteiger partial charge in [0.2, 0.25) is 0 Å². The van der Waals surface area contributed by atoms with Crippen molar-refractivity contribution >= 4 is 33.2 Å². The Labute approximate surface area is 82.3 Å². The number of aromatic carboxylic acids is 1. The molecular formula is C8H7BrO2S. The quantitative estimate of drug-likeness (QED) is 0.871. The lowest BCUT2D eigenvalue weighted by Crippen LogP contribution is -1.90. The van der Waals surface area contributed by atoms with Crippen molar-refractivity contribution in [3.63, 3.8) is 0 Å². The molecule has 1 aromatic heterocycles. The minimum atomic E-state index is -0.826. The van der Waals surface area contributed by atoms with Gasteiger partial charge in [-0.05, 0) is 46.3 Å². The largest absolute Gasteiger partial charge is 0.477 e. The molecule has 0 aromatic carbocycles. The molecule has 1 aliphatic carbocycles. The summed E-state index contributed by atoms with van der Waals surface area (Å²) in [7, 11) is 0. The zero-order chi connectivity index (χ0) is 8.72. The molecule has 1 aliphatic rings. The Morgan fingerprint density at radius 1 is 1.67 bits per heavy atom. The van der Waals surface area contributed by atoms with Crippen LogP contribution in [-0.4, -0.2) is 11.1 Å². The SMILES string of the molecule is O=C(O)c1cc(C2CC2)c(Br)s1. The van der Waals surface area contributed by atoms with Crippen LogP contribution in [0.1, 0.15) is 34.0 Å². The number of carboxylic acids is 1. The van der Waals surface area contributed by atoms with Gasteiger partial charge in [-0.3, -0.25) is 0 Å². The van der Waals surface area contributed by atoms with Gasteiger partial charge in [0.1, 0.15) is 4.88 Å². The zero-order valence-electron chi connectivity index (χ0n) is 6.21. The van der Waals surface area contributed by atoms with Crippen molar-refractivity contribution in [3.8, 4) is 0 Å². The van der Waals surface area contributed by atoms with Crippen molar-refractivity contribution in [1.29, 1.82) is 0 Å². The molecule has 1 aromatic rings. The van der Waals surface area contributed by atoms with Gasteiger partial charge in [-0.1, -0.05) is 0 Å². The first-order valence-corrected chi connectivity index (χ1v) is 5.32. The lowest BCUT2D eigenvalue weighted by Gasteiger charge is -1.89. The van der Waals surface area contributed by atoms with E-state index in [9.17, 15) is 4.79 Å². The molecule has 1 fully saturated rings. The minimum Gasteiger partial charge on any atom is -0.477 e. The van der Waals surface area contributed by atoms with Crippen LogP contribution in [0.4, 0.5) is 0 Å². The molecule has 2 nitrogen and oxygen atoms in total. The van der Waals surface area contributed by atoms with Crippen molar-refractivity contribution in [1.82, 2.24) is 0 Å². The molecule has 0 radical (unpaired) electrons. The highest BCUT2D eigenvalue weighted by molar-refractivity contribution is 9.11. The molecule has 1 heterocycles. The van der Waals surface area contributed by atoms with Crippen LogP contribution in [0.25, 0.3) is 0 Å². The van der Waals surface area contributed by atoms with Crippen molar-refractivity contribution in [3.05, 3.63) is 20.3 Å². The Bertz CT molecular complexity index is 328. The van der Waals surface area contributed by atoms with Crippen LogP contribution in [0.5, 0.6) is 0 Å². The summed E-state index contributed by atoms with van der Waals surface area (Å²) in [6, 6.07) is 1.79. The van der Waals surface area contributed by atoms with Gasteiger partial charge in [0.15, 0.2) is 0 Å². The maximum atomic E-state index is 10.6. The summed E-state index contributed by atoms with van der Waals surface area (Å²) in [4.78, 5) is 11.0. The minimum absolute atomic E-state index is 0.434. The molecule has 1 saturated carbocycles. The summed E-state index contributed by atoms with van der Waals surface area (Å²) in [6.07, 6.45) is 2.41. The monoisotopic (exact) mass is 246 g/mol. The van der Waals surface area contributed by atoms with Gasteiger partial charge >= 0.3 is 5.97 Å². The van der Waals surface area contributed by atoms with Gasteiger partial charge in [0, 0.05) is 0 Å². The number of thiophene rings is 1. The van der Waals surface area contributed by atoms with E-state index < -0.39 is 5.97 Å². The van der Waals surface area contributed by atoms with Crippen LogP contribution in [-0.2, 0) is 0 Å². The van der Waals surface area contributed by atoms with E-state index in [0.29, 0.717) is 10.8 Å². The first-order chi connectivity index (χ1) is 5.68. The first-order valence-electron chi connectivity index (χ1n) is 3.71. The highest BCUT2D eigenvalue weighted by Gasteiger charge is 2.28. The fraction of sp³-hybridized carbons (Fsp3) is 0.375. The van der Waals surface area contributed by atoms with Gasteiger partial charge in [-0.25, -0.2) is 4.79 Å². The highest BCUT2D eigenvalue weighted by atomic mass is 79.9. The molecule has 0 unspecified atom stereocenters. The molecule has 0 amide bonds. The third-order valence-electron chi connectivity index (χ3n) is 1.94. The highest BCUT2D eigenvalue weighted by Crippen LogP contribution is 2.46. The van der Waals surface area contributed by atoms with Gasteiger partial charge in [-0.15, -0.1) is 11.3 Å². The Morgan fingerprint density at radius 2 is 2.33 bits per heavy atom. The zero-order valence-corrected chi connectivity index (χ0v) is 8.61. The lowest BCUT2D eigenvalue weighted by molar-refractivity contribution is 0.0702. The normalized spacial score (nSPS) is 16.4. The Kier molecular flexibility index (Phi) is 1.96. The second-order valence-electron chi connectivity index (χ2n) is 2.92. The molecular weight excluding hydrogens is 240 g/mol. The Hall–Kier alpha value is -0.350. The van der Waals surface area contributed by atoms with E-state index in [0.717, 1.165) is 3.79 Å². The molecule has 64 valence electrons. The number of hydrogen-bond acceptors (Lipinski definition) is 2. The molecule has 2 rings (SSSR count). The number of hydrogen-bond donors (Lipinski definition) is 1. The van der Waals surface area contributed by atoms with Crippen LogP contribution in [0.3, 0.4) is 0 Å². The summed E-state index contributed by atoms with van der Waals surface area (Å²) < 4.78 is 0.988. The Balaban J connectivity index is 2.36. The van der Waals surface area contributed by atoms with Crippen molar-refractivity contribution in [2.24, 2.45) is 0 Å². The molecule has 0 atom stereocenters. The Morgan fingerprint density at radius 3 is 2.75 bits per heavy atom. The topological polar surface area (TPSA) is 37.3 Å². The second kappa shape index (κ2) is 2.85. The van der Waals surface area contributed by atoms with Crippen LogP contribution in [0.2, 0.25) is 0 Å². The second-order valence-corrected chi connectivity index (χ2v) is 5.29. The number of carboxylic acid groups (broad SMARTS) is 1. The molecule has 0 saturated heterocycles. The molecule has 12 heavy (non-hydrogen) atoms. The summed E-state index contributed by atoms with van der Waals surface area (Å²) in [6.45, 7) is 0. The maximum absolute atomic E-state index is 10.6. The predicted molar refractivity (Wildman–Crippen MR) is 51.0 cm³/mol. The van der Waals surface area contributed by atoms with Gasteiger partial charge in [-0.2, -0.15) is 0 Å². The van der Waals surface area contributed by atoms with E-state index in [-0.39, 0.29) is 0 Å². The molecule has 1 N–H and O–H groups in total. The average molecular weight is 247 g/mol. The van der Waals surface area contributed by atoms with Crippen LogP contribution in [0, 0.1) is 0 Å². The maximum Gasteiger partial charge on any atom is 0.345 e. The smallest absolute Gasteiger partial charge is 0.345 e. The lowest BCUT2D eigenvalue weighted by atomic mass is 10.2. The van der Waals surface area contributed by atoms with Crippen molar-refractivity contribution in [2.75, 3.05) is 0 Å². The molecule has 0 aliphatic heterocycles. The summed E-state index contributed by atoms with van der Waals surface area (Å²) in [5.74, 6) is -0.212. The molecule has 0 spiro atoms. The van der Waals surface area contributed by atoms with E-state index in [1.165, 1.54) is 29.7 Å². The van der Waals surface area contributed by atoms with Crippen LogP contribution < -0.4 is 0 Å². The van der Waals surface area contributed by atoms with E-state index in [1.54, 1.807) is 6.07 Å². The summed E-state index contributed by atoms with van der Waals surface area (Å²) >= 11 is 4.69. The van der Waals surface area contributed by atoms with Crippen molar-refractivity contribution < 1.29 is 9.90 Å².